The number of carbonyl (C=O) groups is 2. The van der Waals surface area contributed by atoms with Gasteiger partial charge in [-0.2, -0.15) is 0 Å². The van der Waals surface area contributed by atoms with E-state index < -0.39 is 0 Å². The van der Waals surface area contributed by atoms with E-state index in [1.807, 2.05) is 5.38 Å². The van der Waals surface area contributed by atoms with Crippen LogP contribution in [-0.4, -0.2) is 39.9 Å². The van der Waals surface area contributed by atoms with E-state index in [1.165, 1.54) is 23.1 Å². The van der Waals surface area contributed by atoms with Gasteiger partial charge in [0.15, 0.2) is 5.13 Å². The summed E-state index contributed by atoms with van der Waals surface area (Å²) in [5.41, 5.74) is 0.992. The molecule has 0 radical (unpaired) electrons. The van der Waals surface area contributed by atoms with Gasteiger partial charge in [-0.15, -0.1) is 11.3 Å². The number of amides is 2. The minimum atomic E-state index is -0.0886. The van der Waals surface area contributed by atoms with Crippen molar-refractivity contribution in [3.8, 4) is 0 Å². The lowest BCUT2D eigenvalue weighted by atomic mass is 10.2. The van der Waals surface area contributed by atoms with Crippen molar-refractivity contribution in [2.24, 2.45) is 0 Å². The van der Waals surface area contributed by atoms with Crippen LogP contribution in [0.5, 0.6) is 0 Å². The molecule has 0 atom stereocenters. The van der Waals surface area contributed by atoms with Gasteiger partial charge in [0, 0.05) is 30.6 Å². The first-order valence-corrected chi connectivity index (χ1v) is 8.10. The normalized spacial score (nSPS) is 15.3. The number of carbonyl (C=O) groups excluding carboxylic acids is 2. The Kier molecular flexibility index (Phi) is 4.81. The maximum atomic E-state index is 11.8. The zero-order chi connectivity index (χ0) is 13.8. The molecule has 1 aromatic heterocycles. The summed E-state index contributed by atoms with van der Waals surface area (Å²) < 4.78 is 0. The number of hydrogen-bond acceptors (Lipinski definition) is 5. The summed E-state index contributed by atoms with van der Waals surface area (Å²) in [6.07, 6.45) is 0.322. The predicted molar refractivity (Wildman–Crippen MR) is 78.9 cm³/mol. The highest BCUT2D eigenvalue weighted by molar-refractivity contribution is 8.13. The Morgan fingerprint density at radius 3 is 2.95 bits per heavy atom. The average Bonchev–Trinajstić information content (AvgIpc) is 2.96. The quantitative estimate of drug-likeness (QED) is 0.908. The van der Waals surface area contributed by atoms with Crippen LogP contribution in [0.4, 0.5) is 9.93 Å². The second-order valence-corrected chi connectivity index (χ2v) is 6.54. The summed E-state index contributed by atoms with van der Waals surface area (Å²) in [5, 5.41) is 5.45. The van der Waals surface area contributed by atoms with Crippen LogP contribution in [0, 0.1) is 0 Å². The zero-order valence-electron chi connectivity index (χ0n) is 11.0. The van der Waals surface area contributed by atoms with Crippen molar-refractivity contribution in [3.63, 3.8) is 0 Å². The number of aromatic nitrogens is 1. The molecule has 1 aromatic rings. The van der Waals surface area contributed by atoms with Gasteiger partial charge in [0.1, 0.15) is 0 Å². The second kappa shape index (κ2) is 6.38. The van der Waals surface area contributed by atoms with Gasteiger partial charge >= 0.3 is 0 Å². The van der Waals surface area contributed by atoms with Crippen molar-refractivity contribution >= 4 is 39.4 Å². The molecule has 0 aliphatic carbocycles. The third-order valence-electron chi connectivity index (χ3n) is 2.81. The van der Waals surface area contributed by atoms with Gasteiger partial charge < -0.3 is 10.2 Å². The molecule has 1 fully saturated rings. The minimum absolute atomic E-state index is 0.0733. The fourth-order valence-corrected chi connectivity index (χ4v) is 3.40. The molecule has 19 heavy (non-hydrogen) atoms. The van der Waals surface area contributed by atoms with Crippen LogP contribution in [0.1, 0.15) is 31.9 Å². The first-order chi connectivity index (χ1) is 9.06. The van der Waals surface area contributed by atoms with Gasteiger partial charge in [-0.25, -0.2) is 4.98 Å². The standard InChI is InChI=1S/C12H17N3O2S2/c1-8(2)9-7-19-11(13-9)14-10(16)3-4-15-5-6-18-12(15)17/h7-8H,3-6H2,1-2H3,(H,13,14,16). The van der Waals surface area contributed by atoms with Gasteiger partial charge in [-0.1, -0.05) is 25.6 Å². The van der Waals surface area contributed by atoms with E-state index in [9.17, 15) is 9.59 Å². The van der Waals surface area contributed by atoms with Crippen molar-refractivity contribution < 1.29 is 9.59 Å². The molecule has 2 rings (SSSR count). The van der Waals surface area contributed by atoms with E-state index in [1.54, 1.807) is 4.90 Å². The van der Waals surface area contributed by atoms with Gasteiger partial charge in [-0.3, -0.25) is 9.59 Å². The third-order valence-corrected chi connectivity index (χ3v) is 4.48. The number of nitrogens with zero attached hydrogens (tertiary/aromatic N) is 2. The summed E-state index contributed by atoms with van der Waals surface area (Å²) in [6, 6.07) is 0. The Balaban J connectivity index is 1.78. The van der Waals surface area contributed by atoms with Crippen LogP contribution in [0.15, 0.2) is 5.38 Å². The van der Waals surface area contributed by atoms with Gasteiger partial charge in [0.2, 0.25) is 5.91 Å². The maximum absolute atomic E-state index is 11.8. The van der Waals surface area contributed by atoms with Crippen LogP contribution in [0.3, 0.4) is 0 Å². The number of hydrogen-bond donors (Lipinski definition) is 1. The molecule has 1 saturated heterocycles. The molecule has 104 valence electrons. The highest BCUT2D eigenvalue weighted by Crippen LogP contribution is 2.22. The Morgan fingerprint density at radius 2 is 2.37 bits per heavy atom. The predicted octanol–water partition coefficient (Wildman–Crippen LogP) is 2.76. The lowest BCUT2D eigenvalue weighted by molar-refractivity contribution is -0.116. The topological polar surface area (TPSA) is 62.3 Å². The van der Waals surface area contributed by atoms with Gasteiger partial charge in [-0.05, 0) is 5.92 Å². The molecule has 0 saturated carbocycles. The van der Waals surface area contributed by atoms with Crippen LogP contribution in [-0.2, 0) is 4.79 Å². The Morgan fingerprint density at radius 1 is 1.58 bits per heavy atom. The summed E-state index contributed by atoms with van der Waals surface area (Å²) >= 11 is 2.75. The van der Waals surface area contributed by atoms with Crippen LogP contribution in [0.2, 0.25) is 0 Å². The van der Waals surface area contributed by atoms with Crippen LogP contribution < -0.4 is 5.32 Å². The van der Waals surface area contributed by atoms with E-state index in [2.05, 4.69) is 24.1 Å². The fraction of sp³-hybridized carbons (Fsp3) is 0.583. The van der Waals surface area contributed by atoms with Crippen molar-refractivity contribution in [1.29, 1.82) is 0 Å². The molecule has 2 amide bonds. The first kappa shape index (κ1) is 14.3. The second-order valence-electron chi connectivity index (χ2n) is 4.63. The Hall–Kier alpha value is -1.08. The number of rotatable bonds is 5. The highest BCUT2D eigenvalue weighted by atomic mass is 32.2. The molecule has 0 bridgehead atoms. The average molecular weight is 299 g/mol. The van der Waals surface area contributed by atoms with Crippen molar-refractivity contribution in [2.45, 2.75) is 26.2 Å². The van der Waals surface area contributed by atoms with Gasteiger partial charge in [0.25, 0.3) is 5.24 Å². The smallest absolute Gasteiger partial charge is 0.281 e. The molecular formula is C12H17N3O2S2. The van der Waals surface area contributed by atoms with Gasteiger partial charge in [0.05, 0.1) is 5.69 Å². The lowest BCUT2D eigenvalue weighted by Crippen LogP contribution is -2.27. The van der Waals surface area contributed by atoms with E-state index in [-0.39, 0.29) is 11.1 Å². The Bertz CT molecular complexity index is 473. The lowest BCUT2D eigenvalue weighted by Gasteiger charge is -2.13. The van der Waals surface area contributed by atoms with E-state index in [0.717, 1.165) is 18.0 Å². The molecular weight excluding hydrogens is 282 g/mol. The third kappa shape index (κ3) is 3.94. The van der Waals surface area contributed by atoms with Crippen LogP contribution >= 0.6 is 23.1 Å². The molecule has 2 heterocycles. The molecule has 0 unspecified atom stereocenters. The first-order valence-electron chi connectivity index (χ1n) is 6.23. The largest absolute Gasteiger partial charge is 0.332 e. The van der Waals surface area contributed by atoms with Crippen molar-refractivity contribution in [2.75, 3.05) is 24.2 Å². The zero-order valence-corrected chi connectivity index (χ0v) is 12.6. The number of anilines is 1. The molecule has 1 N–H and O–H groups in total. The molecule has 0 spiro atoms. The fourth-order valence-electron chi connectivity index (χ4n) is 1.66. The van der Waals surface area contributed by atoms with Crippen molar-refractivity contribution in [3.05, 3.63) is 11.1 Å². The van der Waals surface area contributed by atoms with E-state index in [4.69, 9.17) is 0 Å². The molecule has 0 aromatic carbocycles. The SMILES string of the molecule is CC(C)c1csc(NC(=O)CCN2CCSC2=O)n1. The Labute approximate surface area is 120 Å². The number of thiazole rings is 1. The minimum Gasteiger partial charge on any atom is -0.332 e. The highest BCUT2D eigenvalue weighted by Gasteiger charge is 2.21. The van der Waals surface area contributed by atoms with Crippen LogP contribution in [0.25, 0.3) is 0 Å². The maximum Gasteiger partial charge on any atom is 0.281 e. The molecule has 5 nitrogen and oxygen atoms in total. The molecule has 7 heteroatoms. The summed E-state index contributed by atoms with van der Waals surface area (Å²) in [4.78, 5) is 29.2. The number of nitrogens with one attached hydrogen (secondary N) is 1. The van der Waals surface area contributed by atoms with E-state index in [0.29, 0.717) is 24.0 Å². The number of thioether (sulfide) groups is 1. The molecule has 1 aliphatic rings. The summed E-state index contributed by atoms with van der Waals surface area (Å²) in [5.74, 6) is 1.10. The van der Waals surface area contributed by atoms with Crippen molar-refractivity contribution in [1.82, 2.24) is 9.88 Å². The van der Waals surface area contributed by atoms with E-state index >= 15 is 0 Å². The summed E-state index contributed by atoms with van der Waals surface area (Å²) in [7, 11) is 0. The summed E-state index contributed by atoms with van der Waals surface area (Å²) in [6.45, 7) is 5.36. The monoisotopic (exact) mass is 299 g/mol. The molecule has 1 aliphatic heterocycles.